The molecular formula is C22H27ClN2O4. The van der Waals surface area contributed by atoms with E-state index in [-0.39, 0.29) is 24.5 Å². The van der Waals surface area contributed by atoms with E-state index < -0.39 is 6.04 Å². The van der Waals surface area contributed by atoms with Crippen LogP contribution in [0.1, 0.15) is 43.1 Å². The quantitative estimate of drug-likeness (QED) is 0.646. The molecule has 0 aliphatic carbocycles. The minimum absolute atomic E-state index is 0.0523. The first-order valence-corrected chi connectivity index (χ1v) is 9.89. The lowest BCUT2D eigenvalue weighted by Gasteiger charge is -2.18. The summed E-state index contributed by atoms with van der Waals surface area (Å²) < 4.78 is 11.2. The van der Waals surface area contributed by atoms with Crippen LogP contribution < -0.4 is 20.1 Å². The van der Waals surface area contributed by atoms with Gasteiger partial charge in [-0.3, -0.25) is 9.59 Å². The molecule has 0 aliphatic heterocycles. The number of halogens is 1. The van der Waals surface area contributed by atoms with Crippen molar-refractivity contribution in [2.45, 2.75) is 45.9 Å². The first-order valence-electron chi connectivity index (χ1n) is 9.51. The van der Waals surface area contributed by atoms with E-state index in [9.17, 15) is 9.59 Å². The highest BCUT2D eigenvalue weighted by molar-refractivity contribution is 6.31. The van der Waals surface area contributed by atoms with E-state index >= 15 is 0 Å². The van der Waals surface area contributed by atoms with Crippen LogP contribution in [0.25, 0.3) is 0 Å². The molecule has 2 atom stereocenters. The van der Waals surface area contributed by atoms with E-state index in [4.69, 9.17) is 21.1 Å². The highest BCUT2D eigenvalue weighted by atomic mass is 35.5. The molecule has 156 valence electrons. The Bertz CT molecular complexity index is 856. The third-order valence-corrected chi connectivity index (χ3v) is 4.88. The van der Waals surface area contributed by atoms with Crippen LogP contribution >= 0.6 is 11.6 Å². The summed E-state index contributed by atoms with van der Waals surface area (Å²) in [5.41, 5.74) is 1.22. The molecule has 2 unspecified atom stereocenters. The van der Waals surface area contributed by atoms with Gasteiger partial charge in [-0.05, 0) is 44.5 Å². The number of carbonyl (C=O) groups is 2. The van der Waals surface area contributed by atoms with Crippen LogP contribution in [-0.4, -0.2) is 31.0 Å². The van der Waals surface area contributed by atoms with Crippen molar-refractivity contribution in [3.63, 3.8) is 0 Å². The maximum Gasteiger partial charge on any atom is 0.252 e. The Kier molecular flexibility index (Phi) is 8.34. The van der Waals surface area contributed by atoms with Crippen molar-refractivity contribution >= 4 is 23.4 Å². The van der Waals surface area contributed by atoms with Gasteiger partial charge < -0.3 is 20.1 Å². The zero-order valence-corrected chi connectivity index (χ0v) is 17.9. The molecule has 0 saturated heterocycles. The number of rotatable bonds is 9. The molecule has 0 aliphatic rings. The van der Waals surface area contributed by atoms with E-state index in [1.165, 1.54) is 7.11 Å². The Balaban J connectivity index is 2.04. The van der Waals surface area contributed by atoms with Gasteiger partial charge in [0.1, 0.15) is 12.6 Å². The first kappa shape index (κ1) is 22.6. The van der Waals surface area contributed by atoms with E-state index in [0.717, 1.165) is 12.0 Å². The maximum atomic E-state index is 12.5. The van der Waals surface area contributed by atoms with E-state index in [1.807, 2.05) is 32.0 Å². The summed E-state index contributed by atoms with van der Waals surface area (Å²) in [6.07, 6.45) is 0.819. The predicted molar refractivity (Wildman–Crippen MR) is 114 cm³/mol. The van der Waals surface area contributed by atoms with Crippen LogP contribution in [0.2, 0.25) is 5.02 Å². The fraction of sp³-hybridized carbons (Fsp3) is 0.364. The number of nitrogens with one attached hydrogen (secondary N) is 2. The van der Waals surface area contributed by atoms with Crippen LogP contribution in [-0.2, 0) is 11.4 Å². The van der Waals surface area contributed by atoms with Crippen molar-refractivity contribution in [3.8, 4) is 11.5 Å². The molecule has 29 heavy (non-hydrogen) atoms. The molecule has 0 saturated carbocycles. The fourth-order valence-electron chi connectivity index (χ4n) is 2.51. The van der Waals surface area contributed by atoms with E-state index in [0.29, 0.717) is 22.1 Å². The Labute approximate surface area is 176 Å². The highest BCUT2D eigenvalue weighted by Crippen LogP contribution is 2.29. The lowest BCUT2D eigenvalue weighted by atomic mass is 10.1. The smallest absolute Gasteiger partial charge is 0.252 e. The SMILES string of the molecule is CCC(C)NC(=O)C(C)NC(=O)c1ccc(OCc2ccccc2Cl)c(OC)c1. The number of carbonyl (C=O) groups excluding carboxylic acids is 2. The molecule has 2 N–H and O–H groups in total. The summed E-state index contributed by atoms with van der Waals surface area (Å²) >= 11 is 6.15. The van der Waals surface area contributed by atoms with Gasteiger partial charge in [0.2, 0.25) is 5.91 Å². The molecule has 0 aromatic heterocycles. The third kappa shape index (κ3) is 6.39. The van der Waals surface area contributed by atoms with E-state index in [1.54, 1.807) is 31.2 Å². The molecule has 2 rings (SSSR count). The molecule has 2 aromatic carbocycles. The monoisotopic (exact) mass is 418 g/mol. The summed E-state index contributed by atoms with van der Waals surface area (Å²) in [6, 6.07) is 11.7. The van der Waals surface area contributed by atoms with Gasteiger partial charge in [-0.1, -0.05) is 36.7 Å². The van der Waals surface area contributed by atoms with Crippen LogP contribution in [0, 0.1) is 0 Å². The lowest BCUT2D eigenvalue weighted by Crippen LogP contribution is -2.47. The van der Waals surface area contributed by atoms with Crippen LogP contribution in [0.5, 0.6) is 11.5 Å². The van der Waals surface area contributed by atoms with Crippen LogP contribution in [0.15, 0.2) is 42.5 Å². The summed E-state index contributed by atoms with van der Waals surface area (Å²) in [5.74, 6) is 0.319. The molecule has 0 spiro atoms. The maximum absolute atomic E-state index is 12.5. The average molecular weight is 419 g/mol. The normalized spacial score (nSPS) is 12.6. The van der Waals surface area contributed by atoms with Crippen molar-refractivity contribution in [1.82, 2.24) is 10.6 Å². The Hall–Kier alpha value is -2.73. The van der Waals surface area contributed by atoms with Crippen LogP contribution in [0.3, 0.4) is 0 Å². The standard InChI is InChI=1S/C22H27ClN2O4/c1-5-14(2)24-21(26)15(3)25-22(27)16-10-11-19(20(12-16)28-4)29-13-17-8-6-7-9-18(17)23/h6-12,14-15H,5,13H2,1-4H3,(H,24,26)(H,25,27). The minimum atomic E-state index is -0.654. The molecular weight excluding hydrogens is 392 g/mol. The second kappa shape index (κ2) is 10.7. The molecule has 7 heteroatoms. The van der Waals surface area contributed by atoms with Gasteiger partial charge in [0.05, 0.1) is 7.11 Å². The first-order chi connectivity index (χ1) is 13.8. The molecule has 0 heterocycles. The van der Waals surface area contributed by atoms with Crippen molar-refractivity contribution in [2.75, 3.05) is 7.11 Å². The molecule has 0 bridgehead atoms. The fourth-order valence-corrected chi connectivity index (χ4v) is 2.70. The van der Waals surface area contributed by atoms with Crippen molar-refractivity contribution in [2.24, 2.45) is 0 Å². The minimum Gasteiger partial charge on any atom is -0.493 e. The topological polar surface area (TPSA) is 76.7 Å². The predicted octanol–water partition coefficient (Wildman–Crippen LogP) is 3.96. The van der Waals surface area contributed by atoms with Gasteiger partial charge in [-0.15, -0.1) is 0 Å². The number of benzene rings is 2. The second-order valence-corrected chi connectivity index (χ2v) is 7.17. The zero-order chi connectivity index (χ0) is 21.4. The van der Waals surface area contributed by atoms with Crippen molar-refractivity contribution in [1.29, 1.82) is 0 Å². The number of ether oxygens (including phenoxy) is 2. The van der Waals surface area contributed by atoms with Gasteiger partial charge in [0.15, 0.2) is 11.5 Å². The molecule has 0 radical (unpaired) electrons. The summed E-state index contributed by atoms with van der Waals surface area (Å²) in [6.45, 7) is 5.82. The Morgan fingerprint density at radius 1 is 1.07 bits per heavy atom. The number of methoxy groups -OCH3 is 1. The molecule has 6 nitrogen and oxygen atoms in total. The van der Waals surface area contributed by atoms with Gasteiger partial charge in [-0.25, -0.2) is 0 Å². The number of amides is 2. The summed E-state index contributed by atoms with van der Waals surface area (Å²) in [4.78, 5) is 24.6. The van der Waals surface area contributed by atoms with Gasteiger partial charge in [0, 0.05) is 22.2 Å². The van der Waals surface area contributed by atoms with Crippen molar-refractivity contribution in [3.05, 3.63) is 58.6 Å². The number of hydrogen-bond acceptors (Lipinski definition) is 4. The third-order valence-electron chi connectivity index (χ3n) is 4.51. The second-order valence-electron chi connectivity index (χ2n) is 6.76. The largest absolute Gasteiger partial charge is 0.493 e. The average Bonchev–Trinajstić information content (AvgIpc) is 2.72. The number of hydrogen-bond donors (Lipinski definition) is 2. The zero-order valence-electron chi connectivity index (χ0n) is 17.1. The van der Waals surface area contributed by atoms with Gasteiger partial charge >= 0.3 is 0 Å². The van der Waals surface area contributed by atoms with Gasteiger partial charge in [-0.2, -0.15) is 0 Å². The molecule has 0 fully saturated rings. The van der Waals surface area contributed by atoms with Crippen LogP contribution in [0.4, 0.5) is 0 Å². The summed E-state index contributed by atoms with van der Waals surface area (Å²) in [7, 11) is 1.50. The van der Waals surface area contributed by atoms with Crippen molar-refractivity contribution < 1.29 is 19.1 Å². The highest BCUT2D eigenvalue weighted by Gasteiger charge is 2.19. The Morgan fingerprint density at radius 2 is 1.79 bits per heavy atom. The summed E-state index contributed by atoms with van der Waals surface area (Å²) in [5, 5.41) is 6.16. The lowest BCUT2D eigenvalue weighted by molar-refractivity contribution is -0.123. The van der Waals surface area contributed by atoms with Gasteiger partial charge in [0.25, 0.3) is 5.91 Å². The molecule has 2 amide bonds. The Morgan fingerprint density at radius 3 is 2.45 bits per heavy atom. The molecule has 2 aromatic rings. The van der Waals surface area contributed by atoms with E-state index in [2.05, 4.69) is 10.6 Å².